The second-order valence-electron chi connectivity index (χ2n) is 6.66. The molecule has 1 fully saturated rings. The Balaban J connectivity index is 1.98. The number of aromatic nitrogens is 3. The van der Waals surface area contributed by atoms with Gasteiger partial charge in [-0.3, -0.25) is 4.57 Å². The van der Waals surface area contributed by atoms with Crippen LogP contribution in [0.3, 0.4) is 0 Å². The summed E-state index contributed by atoms with van der Waals surface area (Å²) < 4.78 is 7.53. The average Bonchev–Trinajstić information content (AvgIpc) is 2.97. The van der Waals surface area contributed by atoms with Gasteiger partial charge in [-0.2, -0.15) is 0 Å². The van der Waals surface area contributed by atoms with Gasteiger partial charge >= 0.3 is 0 Å². The lowest BCUT2D eigenvalue weighted by Gasteiger charge is -2.28. The largest absolute Gasteiger partial charge is 0.390 e. The highest BCUT2D eigenvalue weighted by molar-refractivity contribution is 7.99. The van der Waals surface area contributed by atoms with Gasteiger partial charge in [-0.25, -0.2) is 0 Å². The van der Waals surface area contributed by atoms with E-state index in [1.807, 2.05) is 6.07 Å². The molecule has 1 aliphatic rings. The fourth-order valence-corrected chi connectivity index (χ4v) is 3.46. The number of aryl methyl sites for hydroxylation is 1. The summed E-state index contributed by atoms with van der Waals surface area (Å²) in [4.78, 5) is 2.20. The van der Waals surface area contributed by atoms with E-state index in [4.69, 9.17) is 4.74 Å². The summed E-state index contributed by atoms with van der Waals surface area (Å²) in [5.41, 5.74) is 1.47. The molecule has 1 saturated heterocycles. The van der Waals surface area contributed by atoms with Gasteiger partial charge in [0.25, 0.3) is 0 Å². The minimum Gasteiger partial charge on any atom is -0.390 e. The average molecular weight is 348 g/mol. The van der Waals surface area contributed by atoms with Crippen LogP contribution in [0.1, 0.15) is 19.4 Å². The molecule has 0 unspecified atom stereocenters. The Morgan fingerprint density at radius 3 is 2.67 bits per heavy atom. The molecule has 0 radical (unpaired) electrons. The van der Waals surface area contributed by atoms with Crippen LogP contribution in [0.4, 0.5) is 5.95 Å². The Bertz CT molecular complexity index is 690. The Kier molecular flexibility index (Phi) is 5.12. The van der Waals surface area contributed by atoms with E-state index in [0.29, 0.717) is 19.0 Å². The summed E-state index contributed by atoms with van der Waals surface area (Å²) in [7, 11) is 0. The maximum Gasteiger partial charge on any atom is 0.232 e. The van der Waals surface area contributed by atoms with Crippen molar-refractivity contribution in [3.05, 3.63) is 29.8 Å². The number of thioether (sulfide) groups is 1. The molecule has 0 spiro atoms. The molecule has 0 atom stereocenters. The topological polar surface area (TPSA) is 63.4 Å². The van der Waals surface area contributed by atoms with E-state index in [-0.39, 0.29) is 0 Å². The first-order valence-electron chi connectivity index (χ1n) is 8.14. The molecule has 6 nitrogen and oxygen atoms in total. The van der Waals surface area contributed by atoms with Crippen LogP contribution in [0.2, 0.25) is 0 Å². The van der Waals surface area contributed by atoms with Crippen molar-refractivity contribution >= 4 is 17.7 Å². The Labute approximate surface area is 146 Å². The van der Waals surface area contributed by atoms with E-state index in [0.717, 1.165) is 29.9 Å². The van der Waals surface area contributed by atoms with Crippen molar-refractivity contribution in [2.45, 2.75) is 31.5 Å². The summed E-state index contributed by atoms with van der Waals surface area (Å²) in [6.07, 6.45) is 0. The van der Waals surface area contributed by atoms with E-state index >= 15 is 0 Å². The van der Waals surface area contributed by atoms with Crippen LogP contribution in [-0.2, 0) is 4.74 Å². The number of rotatable bonds is 5. The van der Waals surface area contributed by atoms with E-state index in [1.54, 1.807) is 13.8 Å². The third kappa shape index (κ3) is 4.09. The molecule has 1 aromatic heterocycles. The monoisotopic (exact) mass is 348 g/mol. The normalized spacial score (nSPS) is 15.8. The van der Waals surface area contributed by atoms with E-state index < -0.39 is 5.60 Å². The van der Waals surface area contributed by atoms with E-state index in [9.17, 15) is 5.11 Å². The van der Waals surface area contributed by atoms with Crippen molar-refractivity contribution in [2.24, 2.45) is 0 Å². The molecular weight excluding hydrogens is 324 g/mol. The molecule has 24 heavy (non-hydrogen) atoms. The fourth-order valence-electron chi connectivity index (χ4n) is 2.56. The first-order chi connectivity index (χ1) is 11.4. The lowest BCUT2D eigenvalue weighted by Crippen LogP contribution is -2.37. The van der Waals surface area contributed by atoms with Crippen molar-refractivity contribution in [3.8, 4) is 5.69 Å². The highest BCUT2D eigenvalue weighted by Gasteiger charge is 2.23. The van der Waals surface area contributed by atoms with Crippen molar-refractivity contribution < 1.29 is 9.84 Å². The lowest BCUT2D eigenvalue weighted by molar-refractivity contribution is 0.107. The van der Waals surface area contributed by atoms with Crippen molar-refractivity contribution in [2.75, 3.05) is 37.0 Å². The molecule has 0 amide bonds. The quantitative estimate of drug-likeness (QED) is 0.837. The first-order valence-corrected chi connectivity index (χ1v) is 9.13. The number of benzene rings is 1. The van der Waals surface area contributed by atoms with Gasteiger partial charge in [0.15, 0.2) is 5.16 Å². The van der Waals surface area contributed by atoms with Gasteiger partial charge in [0.05, 0.1) is 24.5 Å². The van der Waals surface area contributed by atoms with Crippen LogP contribution in [0.5, 0.6) is 0 Å². The number of hydrogen-bond acceptors (Lipinski definition) is 6. The number of morpholine rings is 1. The molecule has 3 rings (SSSR count). The molecule has 0 bridgehead atoms. The predicted octanol–water partition coefficient (Wildman–Crippen LogP) is 2.28. The zero-order valence-corrected chi connectivity index (χ0v) is 15.2. The highest BCUT2D eigenvalue weighted by Crippen LogP contribution is 2.29. The maximum atomic E-state index is 10.0. The summed E-state index contributed by atoms with van der Waals surface area (Å²) in [6, 6.07) is 8.31. The molecule has 1 N–H and O–H groups in total. The molecule has 1 aliphatic heterocycles. The van der Waals surface area contributed by atoms with Gasteiger partial charge in [0, 0.05) is 18.8 Å². The smallest absolute Gasteiger partial charge is 0.232 e. The molecule has 7 heteroatoms. The standard InChI is InChI=1S/C17H24N4O2S/c1-13-5-4-6-14(11-13)21-15(20-7-9-23-10-8-20)18-19-16(21)24-12-17(2,3)22/h4-6,11,22H,7-10,12H2,1-3H3. The van der Waals surface area contributed by atoms with E-state index in [2.05, 4.69) is 44.8 Å². The van der Waals surface area contributed by atoms with Crippen LogP contribution in [0, 0.1) is 6.92 Å². The molecule has 1 aromatic carbocycles. The first kappa shape index (κ1) is 17.3. The van der Waals surface area contributed by atoms with Crippen LogP contribution < -0.4 is 4.90 Å². The highest BCUT2D eigenvalue weighted by atomic mass is 32.2. The summed E-state index contributed by atoms with van der Waals surface area (Å²) in [5.74, 6) is 1.39. The Morgan fingerprint density at radius 2 is 2.00 bits per heavy atom. The van der Waals surface area contributed by atoms with Crippen molar-refractivity contribution in [3.63, 3.8) is 0 Å². The van der Waals surface area contributed by atoms with E-state index in [1.165, 1.54) is 17.3 Å². The predicted molar refractivity (Wildman–Crippen MR) is 96.1 cm³/mol. The van der Waals surface area contributed by atoms with Gasteiger partial charge in [0.1, 0.15) is 0 Å². The Hall–Kier alpha value is -1.57. The van der Waals surface area contributed by atoms with Crippen molar-refractivity contribution in [1.29, 1.82) is 0 Å². The Morgan fingerprint density at radius 1 is 1.25 bits per heavy atom. The second-order valence-corrected chi connectivity index (χ2v) is 7.60. The van der Waals surface area contributed by atoms with Gasteiger partial charge in [-0.15, -0.1) is 10.2 Å². The number of hydrogen-bond donors (Lipinski definition) is 1. The van der Waals surface area contributed by atoms with Crippen LogP contribution in [0.15, 0.2) is 29.4 Å². The molecule has 2 heterocycles. The second kappa shape index (κ2) is 7.13. The third-order valence-corrected chi connectivity index (χ3v) is 5.10. The number of aliphatic hydroxyl groups is 1. The zero-order chi connectivity index (χ0) is 17.2. The SMILES string of the molecule is Cc1cccc(-n2c(SCC(C)(C)O)nnc2N2CCOCC2)c1. The third-order valence-electron chi connectivity index (χ3n) is 3.72. The molecule has 2 aromatic rings. The minimum atomic E-state index is -0.757. The van der Waals surface area contributed by atoms with Gasteiger partial charge in [0.2, 0.25) is 5.95 Å². The van der Waals surface area contributed by atoms with Crippen molar-refractivity contribution in [1.82, 2.24) is 14.8 Å². The van der Waals surface area contributed by atoms with Gasteiger partial charge in [-0.05, 0) is 38.5 Å². The fraction of sp³-hybridized carbons (Fsp3) is 0.529. The molecule has 0 saturated carbocycles. The zero-order valence-electron chi connectivity index (χ0n) is 14.4. The van der Waals surface area contributed by atoms with Crippen LogP contribution in [-0.4, -0.2) is 57.5 Å². The molecule has 130 valence electrons. The molecule has 0 aliphatic carbocycles. The van der Waals surface area contributed by atoms with Gasteiger partial charge < -0.3 is 14.7 Å². The summed E-state index contributed by atoms with van der Waals surface area (Å²) >= 11 is 1.52. The number of nitrogens with zero attached hydrogens (tertiary/aromatic N) is 4. The molecular formula is C17H24N4O2S. The number of anilines is 1. The van der Waals surface area contributed by atoms with Crippen LogP contribution in [0.25, 0.3) is 5.69 Å². The van der Waals surface area contributed by atoms with Gasteiger partial charge in [-0.1, -0.05) is 23.9 Å². The number of ether oxygens (including phenoxy) is 1. The van der Waals surface area contributed by atoms with Crippen LogP contribution >= 0.6 is 11.8 Å². The summed E-state index contributed by atoms with van der Waals surface area (Å²) in [6.45, 7) is 8.69. The summed E-state index contributed by atoms with van der Waals surface area (Å²) in [5, 5.41) is 19.6. The lowest BCUT2D eigenvalue weighted by atomic mass is 10.2. The maximum absolute atomic E-state index is 10.0. The minimum absolute atomic E-state index is 0.556.